The maximum Gasteiger partial charge on any atom is 0.163 e. The van der Waals surface area contributed by atoms with Crippen LogP contribution in [0.4, 0.5) is 0 Å². The van der Waals surface area contributed by atoms with E-state index in [1.807, 2.05) is 6.07 Å². The molecule has 78 valence electrons. The van der Waals surface area contributed by atoms with Gasteiger partial charge in [0.1, 0.15) is 11.8 Å². The van der Waals surface area contributed by atoms with E-state index in [1.165, 1.54) is 12.3 Å². The molecular weight excluding hydrogens is 245 g/mol. The topological polar surface area (TPSA) is 49.6 Å². The molecule has 0 aliphatic heterocycles. The van der Waals surface area contributed by atoms with Crippen molar-refractivity contribution in [3.05, 3.63) is 46.2 Å². The summed E-state index contributed by atoms with van der Waals surface area (Å²) < 4.78 is 0. The minimum atomic E-state index is 0.279. The third-order valence-corrected chi connectivity index (χ3v) is 2.59. The van der Waals surface area contributed by atoms with Crippen LogP contribution in [-0.2, 0) is 0 Å². The van der Waals surface area contributed by atoms with Crippen molar-refractivity contribution in [3.8, 4) is 17.5 Å². The fourth-order valence-corrected chi connectivity index (χ4v) is 1.82. The zero-order valence-corrected chi connectivity index (χ0v) is 9.50. The van der Waals surface area contributed by atoms with Gasteiger partial charge in [-0.25, -0.2) is 9.97 Å². The molecular formula is C11H5Cl2N3. The number of aromatic nitrogens is 2. The number of hydrogen-bond acceptors (Lipinski definition) is 3. The van der Waals surface area contributed by atoms with E-state index in [2.05, 4.69) is 9.97 Å². The first-order valence-electron chi connectivity index (χ1n) is 4.40. The quantitative estimate of drug-likeness (QED) is 0.779. The highest BCUT2D eigenvalue weighted by atomic mass is 35.5. The monoisotopic (exact) mass is 249 g/mol. The number of nitriles is 1. The molecule has 2 rings (SSSR count). The third-order valence-electron chi connectivity index (χ3n) is 1.96. The van der Waals surface area contributed by atoms with E-state index in [4.69, 9.17) is 28.5 Å². The molecule has 1 heterocycles. The van der Waals surface area contributed by atoms with E-state index in [-0.39, 0.29) is 5.69 Å². The van der Waals surface area contributed by atoms with Gasteiger partial charge >= 0.3 is 0 Å². The fraction of sp³-hybridized carbons (Fsp3) is 0. The summed E-state index contributed by atoms with van der Waals surface area (Å²) in [4.78, 5) is 8.09. The standard InChI is InChI=1S/C11H5Cl2N3/c12-8-2-1-3-9(13)10(8)11-15-5-4-7(6-14)16-11/h1-5H. The van der Waals surface area contributed by atoms with Crippen LogP contribution in [-0.4, -0.2) is 9.97 Å². The molecule has 0 atom stereocenters. The van der Waals surface area contributed by atoms with Crippen molar-refractivity contribution in [2.75, 3.05) is 0 Å². The van der Waals surface area contributed by atoms with Crippen LogP contribution in [0.2, 0.25) is 10.0 Å². The molecule has 0 saturated carbocycles. The Morgan fingerprint density at radius 2 is 1.81 bits per heavy atom. The molecule has 1 aromatic heterocycles. The van der Waals surface area contributed by atoms with Gasteiger partial charge in [0.05, 0.1) is 15.6 Å². The van der Waals surface area contributed by atoms with Crippen molar-refractivity contribution >= 4 is 23.2 Å². The van der Waals surface area contributed by atoms with Crippen molar-refractivity contribution in [1.29, 1.82) is 5.26 Å². The van der Waals surface area contributed by atoms with Gasteiger partial charge in [0.25, 0.3) is 0 Å². The Morgan fingerprint density at radius 3 is 2.44 bits per heavy atom. The number of benzene rings is 1. The van der Waals surface area contributed by atoms with Crippen molar-refractivity contribution in [1.82, 2.24) is 9.97 Å². The van der Waals surface area contributed by atoms with Gasteiger partial charge in [0.2, 0.25) is 0 Å². The molecule has 0 spiro atoms. The first kappa shape index (κ1) is 10.9. The summed E-state index contributed by atoms with van der Waals surface area (Å²) in [7, 11) is 0. The second-order valence-corrected chi connectivity index (χ2v) is 3.79. The molecule has 5 heteroatoms. The van der Waals surface area contributed by atoms with Crippen LogP contribution in [0.1, 0.15) is 5.69 Å². The van der Waals surface area contributed by atoms with Crippen LogP contribution in [0.5, 0.6) is 0 Å². The number of nitrogens with zero attached hydrogens (tertiary/aromatic N) is 3. The summed E-state index contributed by atoms with van der Waals surface area (Å²) in [6.45, 7) is 0. The van der Waals surface area contributed by atoms with Crippen molar-refractivity contribution in [3.63, 3.8) is 0 Å². The second-order valence-electron chi connectivity index (χ2n) is 2.97. The smallest absolute Gasteiger partial charge is 0.163 e. The van der Waals surface area contributed by atoms with Crippen LogP contribution >= 0.6 is 23.2 Å². The highest BCUT2D eigenvalue weighted by molar-refractivity contribution is 6.38. The summed E-state index contributed by atoms with van der Waals surface area (Å²) in [6, 6.07) is 8.60. The minimum Gasteiger partial charge on any atom is -0.236 e. The lowest BCUT2D eigenvalue weighted by molar-refractivity contribution is 1.15. The van der Waals surface area contributed by atoms with Crippen LogP contribution in [0, 0.1) is 11.3 Å². The van der Waals surface area contributed by atoms with Gasteiger partial charge in [-0.15, -0.1) is 0 Å². The van der Waals surface area contributed by atoms with Gasteiger partial charge in [0, 0.05) is 6.20 Å². The predicted octanol–water partition coefficient (Wildman–Crippen LogP) is 3.32. The van der Waals surface area contributed by atoms with Gasteiger partial charge in [-0.1, -0.05) is 29.3 Å². The molecule has 0 aliphatic carbocycles. The highest BCUT2D eigenvalue weighted by Crippen LogP contribution is 2.31. The Morgan fingerprint density at radius 1 is 1.12 bits per heavy atom. The number of halogens is 2. The van der Waals surface area contributed by atoms with Crippen LogP contribution < -0.4 is 0 Å². The first-order chi connectivity index (χ1) is 7.72. The Bertz CT molecular complexity index is 555. The van der Waals surface area contributed by atoms with Gasteiger partial charge in [-0.3, -0.25) is 0 Å². The molecule has 0 bridgehead atoms. The number of rotatable bonds is 1. The van der Waals surface area contributed by atoms with E-state index < -0.39 is 0 Å². The Hall–Kier alpha value is -1.63. The molecule has 0 fully saturated rings. The zero-order chi connectivity index (χ0) is 11.5. The van der Waals surface area contributed by atoms with Crippen molar-refractivity contribution in [2.45, 2.75) is 0 Å². The number of hydrogen-bond donors (Lipinski definition) is 0. The predicted molar refractivity (Wildman–Crippen MR) is 62.2 cm³/mol. The summed E-state index contributed by atoms with van der Waals surface area (Å²) in [5.74, 6) is 0.356. The van der Waals surface area contributed by atoms with E-state index in [9.17, 15) is 0 Å². The highest BCUT2D eigenvalue weighted by Gasteiger charge is 2.11. The first-order valence-corrected chi connectivity index (χ1v) is 5.15. The minimum absolute atomic E-state index is 0.279. The van der Waals surface area contributed by atoms with Crippen LogP contribution in [0.15, 0.2) is 30.5 Å². The Kier molecular flexibility index (Phi) is 3.04. The van der Waals surface area contributed by atoms with Gasteiger partial charge in [0.15, 0.2) is 5.82 Å². The lowest BCUT2D eigenvalue weighted by atomic mass is 10.2. The molecule has 0 unspecified atom stereocenters. The lowest BCUT2D eigenvalue weighted by Gasteiger charge is -2.04. The molecule has 1 aromatic carbocycles. The average Bonchev–Trinajstić information content (AvgIpc) is 2.29. The summed E-state index contributed by atoms with van der Waals surface area (Å²) >= 11 is 12.0. The molecule has 3 nitrogen and oxygen atoms in total. The maximum absolute atomic E-state index is 8.74. The van der Waals surface area contributed by atoms with Crippen molar-refractivity contribution < 1.29 is 0 Å². The third kappa shape index (κ3) is 1.99. The molecule has 0 radical (unpaired) electrons. The fourth-order valence-electron chi connectivity index (χ4n) is 1.25. The molecule has 16 heavy (non-hydrogen) atoms. The summed E-state index contributed by atoms with van der Waals surface area (Å²) in [6.07, 6.45) is 1.50. The largest absolute Gasteiger partial charge is 0.236 e. The Balaban J connectivity index is 2.64. The maximum atomic E-state index is 8.74. The molecule has 0 N–H and O–H groups in total. The molecule has 2 aromatic rings. The van der Waals surface area contributed by atoms with Gasteiger partial charge < -0.3 is 0 Å². The molecule has 0 amide bonds. The second kappa shape index (κ2) is 4.48. The van der Waals surface area contributed by atoms with E-state index >= 15 is 0 Å². The Labute approximate surface area is 102 Å². The van der Waals surface area contributed by atoms with Crippen LogP contribution in [0.25, 0.3) is 11.4 Å². The van der Waals surface area contributed by atoms with Gasteiger partial charge in [-0.05, 0) is 18.2 Å². The van der Waals surface area contributed by atoms with Crippen LogP contribution in [0.3, 0.4) is 0 Å². The van der Waals surface area contributed by atoms with E-state index in [1.54, 1.807) is 18.2 Å². The lowest BCUT2D eigenvalue weighted by Crippen LogP contribution is -1.92. The van der Waals surface area contributed by atoms with E-state index in [0.29, 0.717) is 21.4 Å². The van der Waals surface area contributed by atoms with Crippen molar-refractivity contribution in [2.24, 2.45) is 0 Å². The zero-order valence-electron chi connectivity index (χ0n) is 7.98. The summed E-state index contributed by atoms with van der Waals surface area (Å²) in [5, 5.41) is 9.66. The normalized spacial score (nSPS) is 9.81. The summed E-state index contributed by atoms with van der Waals surface area (Å²) in [5.41, 5.74) is 0.823. The van der Waals surface area contributed by atoms with Gasteiger partial charge in [-0.2, -0.15) is 5.26 Å². The van der Waals surface area contributed by atoms with E-state index in [0.717, 1.165) is 0 Å². The molecule has 0 aliphatic rings. The average molecular weight is 250 g/mol. The molecule has 0 saturated heterocycles. The SMILES string of the molecule is N#Cc1ccnc(-c2c(Cl)cccc2Cl)n1.